The van der Waals surface area contributed by atoms with Crippen LogP contribution in [0.15, 0.2) is 0 Å². The van der Waals surface area contributed by atoms with Crippen molar-refractivity contribution >= 4 is 5.97 Å². The van der Waals surface area contributed by atoms with Gasteiger partial charge in [-0.05, 0) is 0 Å². The van der Waals surface area contributed by atoms with Crippen molar-refractivity contribution in [3.63, 3.8) is 0 Å². The molecular weight excluding hydrogens is 376 g/mol. The maximum atomic E-state index is 12.4. The van der Waals surface area contributed by atoms with Gasteiger partial charge in [-0.15, -0.1) is 0 Å². The van der Waals surface area contributed by atoms with E-state index in [1.165, 1.54) is 0 Å². The van der Waals surface area contributed by atoms with Gasteiger partial charge in [-0.3, -0.25) is 0 Å². The van der Waals surface area contributed by atoms with Gasteiger partial charge in [0.15, 0.2) is 0 Å². The molecule has 8 N–H and O–H groups in total. The fraction of sp³-hybridized carbons (Fsp3) is 0.929. The van der Waals surface area contributed by atoms with Crippen molar-refractivity contribution in [2.75, 3.05) is 52.9 Å². The van der Waals surface area contributed by atoms with Crippen molar-refractivity contribution in [3.8, 4) is 0 Å². The third-order valence-electron chi connectivity index (χ3n) is 2.90. The van der Waals surface area contributed by atoms with Crippen LogP contribution in [0.5, 0.6) is 0 Å². The summed E-state index contributed by atoms with van der Waals surface area (Å²) < 4.78 is 19.8. The van der Waals surface area contributed by atoms with Gasteiger partial charge >= 0.3 is 11.9 Å². The Morgan fingerprint density at radius 2 is 0.926 bits per heavy atom. The fourth-order valence-electron chi connectivity index (χ4n) is 1.39. The molecule has 4 unspecified atom stereocenters. The van der Waals surface area contributed by atoms with Crippen molar-refractivity contribution in [1.29, 1.82) is 0 Å². The zero-order valence-corrected chi connectivity index (χ0v) is 14.6. The summed E-state index contributed by atoms with van der Waals surface area (Å²) in [6, 6.07) is 0. The molecule has 0 aliphatic carbocycles. The second kappa shape index (κ2) is 14.1. The van der Waals surface area contributed by atoms with Gasteiger partial charge in [0, 0.05) is 0 Å². The Morgan fingerprint density at radius 1 is 0.630 bits per heavy atom. The lowest BCUT2D eigenvalue weighted by molar-refractivity contribution is -0.376. The third kappa shape index (κ3) is 10.2. The molecular formula is C14H28O13. The van der Waals surface area contributed by atoms with Crippen LogP contribution in [0.2, 0.25) is 0 Å². The molecule has 4 atom stereocenters. The third-order valence-corrected chi connectivity index (χ3v) is 2.90. The summed E-state index contributed by atoms with van der Waals surface area (Å²) in [6.07, 6.45) is -5.81. The van der Waals surface area contributed by atoms with Crippen LogP contribution in [0.3, 0.4) is 0 Å². The lowest BCUT2D eigenvalue weighted by atomic mass is 10.3. The van der Waals surface area contributed by atoms with Crippen molar-refractivity contribution in [3.05, 3.63) is 0 Å². The van der Waals surface area contributed by atoms with Gasteiger partial charge in [-0.25, -0.2) is 4.79 Å². The van der Waals surface area contributed by atoms with Crippen molar-refractivity contribution in [2.24, 2.45) is 0 Å². The van der Waals surface area contributed by atoms with E-state index in [1.54, 1.807) is 0 Å². The Hall–Kier alpha value is -0.970. The van der Waals surface area contributed by atoms with Gasteiger partial charge in [-0.1, -0.05) is 0 Å². The van der Waals surface area contributed by atoms with E-state index in [1.807, 2.05) is 0 Å². The summed E-state index contributed by atoms with van der Waals surface area (Å²) in [7, 11) is 0. The molecule has 162 valence electrons. The maximum absolute atomic E-state index is 12.4. The summed E-state index contributed by atoms with van der Waals surface area (Å²) in [5.41, 5.74) is 0. The monoisotopic (exact) mass is 404 g/mol. The highest BCUT2D eigenvalue weighted by molar-refractivity contribution is 5.76. The zero-order chi connectivity index (χ0) is 20.9. The van der Waals surface area contributed by atoms with Crippen LogP contribution in [-0.4, -0.2) is 130 Å². The van der Waals surface area contributed by atoms with E-state index in [2.05, 4.69) is 0 Å². The smallest absolute Gasteiger partial charge is 0.398 e. The summed E-state index contributed by atoms with van der Waals surface area (Å²) in [4.78, 5) is 12.4. The normalized spacial score (nSPS) is 18.4. The average molecular weight is 404 g/mol. The zero-order valence-electron chi connectivity index (χ0n) is 14.6. The molecule has 13 nitrogen and oxygen atoms in total. The number of hydrogen-bond donors (Lipinski definition) is 8. The molecule has 27 heavy (non-hydrogen) atoms. The van der Waals surface area contributed by atoms with Crippen molar-refractivity contribution < 1.29 is 64.6 Å². The van der Waals surface area contributed by atoms with E-state index in [4.69, 9.17) is 39.4 Å². The SMILES string of the molecule is O=C(OCC(O)CO)C(OCC(O)CO)(OCC(O)CO)OCC(O)CO. The Labute approximate surface area is 154 Å². The number of ether oxygens (including phenoxy) is 4. The van der Waals surface area contributed by atoms with E-state index in [9.17, 15) is 25.2 Å². The molecule has 0 aromatic carbocycles. The maximum Gasteiger partial charge on any atom is 0.398 e. The van der Waals surface area contributed by atoms with Gasteiger partial charge in [0.05, 0.1) is 46.2 Å². The minimum atomic E-state index is -2.78. The van der Waals surface area contributed by atoms with Crippen LogP contribution in [0, 0.1) is 0 Å². The first-order valence-corrected chi connectivity index (χ1v) is 7.99. The predicted molar refractivity (Wildman–Crippen MR) is 83.9 cm³/mol. The molecule has 0 aliphatic rings. The first-order chi connectivity index (χ1) is 12.7. The average Bonchev–Trinajstić information content (AvgIpc) is 2.70. The molecule has 0 saturated carbocycles. The first-order valence-electron chi connectivity index (χ1n) is 7.99. The van der Waals surface area contributed by atoms with Crippen LogP contribution >= 0.6 is 0 Å². The molecule has 0 amide bonds. The second-order valence-corrected chi connectivity index (χ2v) is 5.43. The largest absolute Gasteiger partial charge is 0.457 e. The van der Waals surface area contributed by atoms with Crippen LogP contribution in [-0.2, 0) is 23.7 Å². The molecule has 0 heterocycles. The van der Waals surface area contributed by atoms with Gasteiger partial charge in [0.2, 0.25) is 0 Å². The Bertz CT molecular complexity index is 357. The fourth-order valence-corrected chi connectivity index (χ4v) is 1.39. The summed E-state index contributed by atoms with van der Waals surface area (Å²) >= 11 is 0. The first kappa shape index (κ1) is 26.0. The van der Waals surface area contributed by atoms with E-state index in [0.717, 1.165) is 0 Å². The van der Waals surface area contributed by atoms with E-state index >= 15 is 0 Å². The lowest BCUT2D eigenvalue weighted by Crippen LogP contribution is -2.52. The summed E-state index contributed by atoms with van der Waals surface area (Å²) in [5.74, 6) is -4.20. The number of carbonyl (C=O) groups excluding carboxylic acids is 1. The molecule has 13 heteroatoms. The van der Waals surface area contributed by atoms with Gasteiger partial charge in [0.1, 0.15) is 31.0 Å². The highest BCUT2D eigenvalue weighted by atomic mass is 16.9. The molecule has 0 aromatic rings. The van der Waals surface area contributed by atoms with Crippen LogP contribution in [0.25, 0.3) is 0 Å². The van der Waals surface area contributed by atoms with Crippen molar-refractivity contribution in [2.45, 2.75) is 30.4 Å². The van der Waals surface area contributed by atoms with Gasteiger partial charge < -0.3 is 59.8 Å². The molecule has 0 aliphatic heterocycles. The number of carbonyl (C=O) groups is 1. The number of aliphatic hydroxyl groups is 8. The molecule has 0 spiro atoms. The standard InChI is InChI=1S/C14H28O13/c15-1-9(19)5-24-13(23)14(25-6-10(20)2-16,26-7-11(21)3-17)27-8-12(22)4-18/h9-12,15-22H,1-8H2. The van der Waals surface area contributed by atoms with Crippen LogP contribution in [0.4, 0.5) is 0 Å². The van der Waals surface area contributed by atoms with Crippen molar-refractivity contribution in [1.82, 2.24) is 0 Å². The number of esters is 1. The van der Waals surface area contributed by atoms with Crippen LogP contribution in [0.1, 0.15) is 0 Å². The predicted octanol–water partition coefficient (Wildman–Crippen LogP) is -5.35. The Balaban J connectivity index is 5.39. The van der Waals surface area contributed by atoms with E-state index in [-0.39, 0.29) is 0 Å². The topological polar surface area (TPSA) is 216 Å². The highest BCUT2D eigenvalue weighted by Crippen LogP contribution is 2.20. The van der Waals surface area contributed by atoms with E-state index < -0.39 is 89.2 Å². The minimum Gasteiger partial charge on any atom is -0.457 e. The molecule has 0 aromatic heterocycles. The molecule has 0 radical (unpaired) electrons. The summed E-state index contributed by atoms with van der Waals surface area (Å²) in [6.45, 7) is -5.78. The molecule has 0 fully saturated rings. The van der Waals surface area contributed by atoms with E-state index in [0.29, 0.717) is 0 Å². The van der Waals surface area contributed by atoms with Gasteiger partial charge in [0.25, 0.3) is 0 Å². The number of hydrogen-bond acceptors (Lipinski definition) is 13. The minimum absolute atomic E-state index is 0.694. The lowest BCUT2D eigenvalue weighted by Gasteiger charge is -2.32. The van der Waals surface area contributed by atoms with Crippen LogP contribution < -0.4 is 0 Å². The quantitative estimate of drug-likeness (QED) is 0.0891. The molecule has 0 rings (SSSR count). The number of rotatable bonds is 16. The molecule has 0 bridgehead atoms. The highest BCUT2D eigenvalue weighted by Gasteiger charge is 2.46. The Kier molecular flexibility index (Phi) is 13.6. The summed E-state index contributed by atoms with van der Waals surface area (Å²) in [5, 5.41) is 72.8. The second-order valence-electron chi connectivity index (χ2n) is 5.43. The number of aliphatic hydroxyl groups excluding tert-OH is 8. The molecule has 0 saturated heterocycles. The van der Waals surface area contributed by atoms with Gasteiger partial charge in [-0.2, -0.15) is 0 Å². The Morgan fingerprint density at radius 3 is 1.22 bits per heavy atom.